The molecule has 0 aliphatic heterocycles. The molecular formula is C17H19N5OS. The summed E-state index contributed by atoms with van der Waals surface area (Å²) in [6.07, 6.45) is 2.48. The van der Waals surface area contributed by atoms with Gasteiger partial charge in [-0.05, 0) is 55.5 Å². The molecule has 124 valence electrons. The standard InChI is InChI=1S/C17H19N5OS/c1-12-14(8-10-19-17(23)20-16-7-5-11-24-16)13(2)22(21-12)15-6-3-4-9-18-15/h3-7,9,11H,8,10H2,1-2H3,(H2,19,20,23). The number of carbonyl (C=O) groups excluding carboxylic acids is 1. The van der Waals surface area contributed by atoms with E-state index in [1.165, 1.54) is 11.3 Å². The molecule has 3 aromatic rings. The van der Waals surface area contributed by atoms with E-state index in [1.807, 2.05) is 54.2 Å². The zero-order valence-corrected chi connectivity index (χ0v) is 14.4. The summed E-state index contributed by atoms with van der Waals surface area (Å²) in [5.41, 5.74) is 3.14. The molecule has 0 aliphatic rings. The number of pyridine rings is 1. The molecule has 0 saturated carbocycles. The highest BCUT2D eigenvalue weighted by molar-refractivity contribution is 7.14. The zero-order valence-electron chi connectivity index (χ0n) is 13.6. The van der Waals surface area contributed by atoms with Gasteiger partial charge in [0.05, 0.1) is 10.7 Å². The van der Waals surface area contributed by atoms with Crippen LogP contribution in [0.1, 0.15) is 17.0 Å². The van der Waals surface area contributed by atoms with Gasteiger partial charge in [0, 0.05) is 18.4 Å². The Kier molecular flexibility index (Phi) is 4.90. The second-order valence-electron chi connectivity index (χ2n) is 5.36. The number of urea groups is 1. The maximum Gasteiger partial charge on any atom is 0.319 e. The van der Waals surface area contributed by atoms with Crippen LogP contribution in [-0.2, 0) is 6.42 Å². The maximum absolute atomic E-state index is 11.9. The summed E-state index contributed by atoms with van der Waals surface area (Å²) in [5, 5.41) is 13.0. The quantitative estimate of drug-likeness (QED) is 0.748. The van der Waals surface area contributed by atoms with Gasteiger partial charge in [0.15, 0.2) is 5.82 Å². The predicted molar refractivity (Wildman–Crippen MR) is 95.9 cm³/mol. The van der Waals surface area contributed by atoms with Gasteiger partial charge in [-0.2, -0.15) is 5.10 Å². The van der Waals surface area contributed by atoms with Crippen molar-refractivity contribution in [2.24, 2.45) is 0 Å². The third-order valence-corrected chi connectivity index (χ3v) is 4.51. The van der Waals surface area contributed by atoms with Crippen LogP contribution in [0.4, 0.5) is 9.80 Å². The van der Waals surface area contributed by atoms with E-state index in [9.17, 15) is 4.79 Å². The lowest BCUT2D eigenvalue weighted by Crippen LogP contribution is -2.30. The van der Waals surface area contributed by atoms with Crippen molar-refractivity contribution in [1.82, 2.24) is 20.1 Å². The lowest BCUT2D eigenvalue weighted by Gasteiger charge is -2.07. The van der Waals surface area contributed by atoms with Crippen LogP contribution in [0.3, 0.4) is 0 Å². The first-order valence-corrected chi connectivity index (χ1v) is 8.58. The molecule has 0 aliphatic carbocycles. The first-order chi connectivity index (χ1) is 11.6. The monoisotopic (exact) mass is 341 g/mol. The number of nitrogens with one attached hydrogen (secondary N) is 2. The Hall–Kier alpha value is -2.67. The van der Waals surface area contributed by atoms with E-state index in [0.717, 1.165) is 34.2 Å². The van der Waals surface area contributed by atoms with Crippen molar-refractivity contribution in [3.63, 3.8) is 0 Å². The van der Waals surface area contributed by atoms with Crippen LogP contribution in [0.2, 0.25) is 0 Å². The average Bonchev–Trinajstić information content (AvgIpc) is 3.18. The summed E-state index contributed by atoms with van der Waals surface area (Å²) in [7, 11) is 0. The zero-order chi connectivity index (χ0) is 16.9. The van der Waals surface area contributed by atoms with Gasteiger partial charge < -0.3 is 5.32 Å². The van der Waals surface area contributed by atoms with Crippen molar-refractivity contribution >= 4 is 22.4 Å². The highest BCUT2D eigenvalue weighted by Crippen LogP contribution is 2.17. The lowest BCUT2D eigenvalue weighted by molar-refractivity contribution is 0.252. The molecule has 0 bridgehead atoms. The number of rotatable bonds is 5. The Labute approximate surface area is 144 Å². The molecular weight excluding hydrogens is 322 g/mol. The van der Waals surface area contributed by atoms with E-state index in [1.54, 1.807) is 6.20 Å². The molecule has 3 aromatic heterocycles. The van der Waals surface area contributed by atoms with Gasteiger partial charge in [0.1, 0.15) is 0 Å². The van der Waals surface area contributed by atoms with Crippen LogP contribution in [0.25, 0.3) is 5.82 Å². The van der Waals surface area contributed by atoms with E-state index in [2.05, 4.69) is 20.7 Å². The number of amides is 2. The van der Waals surface area contributed by atoms with Crippen LogP contribution in [0.5, 0.6) is 0 Å². The Balaban J connectivity index is 1.61. The fourth-order valence-corrected chi connectivity index (χ4v) is 3.16. The number of hydrogen-bond donors (Lipinski definition) is 2. The van der Waals surface area contributed by atoms with Crippen molar-refractivity contribution in [2.45, 2.75) is 20.3 Å². The number of nitrogens with zero attached hydrogens (tertiary/aromatic N) is 3. The molecule has 2 N–H and O–H groups in total. The first kappa shape index (κ1) is 16.2. The number of anilines is 1. The minimum atomic E-state index is -0.190. The van der Waals surface area contributed by atoms with Gasteiger partial charge in [0.25, 0.3) is 0 Å². The van der Waals surface area contributed by atoms with Crippen molar-refractivity contribution in [2.75, 3.05) is 11.9 Å². The van der Waals surface area contributed by atoms with Gasteiger partial charge in [-0.15, -0.1) is 11.3 Å². The SMILES string of the molecule is Cc1nn(-c2ccccn2)c(C)c1CCNC(=O)Nc1cccs1. The Morgan fingerprint density at radius 3 is 2.83 bits per heavy atom. The van der Waals surface area contributed by atoms with Gasteiger partial charge in [-0.25, -0.2) is 14.5 Å². The van der Waals surface area contributed by atoms with Crippen LogP contribution >= 0.6 is 11.3 Å². The van der Waals surface area contributed by atoms with E-state index in [4.69, 9.17) is 0 Å². The van der Waals surface area contributed by atoms with E-state index in [-0.39, 0.29) is 6.03 Å². The Morgan fingerprint density at radius 2 is 2.12 bits per heavy atom. The van der Waals surface area contributed by atoms with Crippen molar-refractivity contribution in [1.29, 1.82) is 0 Å². The summed E-state index contributed by atoms with van der Waals surface area (Å²) in [6.45, 7) is 4.55. The summed E-state index contributed by atoms with van der Waals surface area (Å²) in [4.78, 5) is 16.2. The highest BCUT2D eigenvalue weighted by Gasteiger charge is 2.13. The third-order valence-electron chi connectivity index (χ3n) is 3.73. The smallest absolute Gasteiger partial charge is 0.319 e. The Bertz CT molecular complexity index is 811. The van der Waals surface area contributed by atoms with Crippen molar-refractivity contribution < 1.29 is 4.79 Å². The molecule has 0 unspecified atom stereocenters. The van der Waals surface area contributed by atoms with Gasteiger partial charge in [0.2, 0.25) is 0 Å². The minimum Gasteiger partial charge on any atom is -0.338 e. The molecule has 3 rings (SSSR count). The van der Waals surface area contributed by atoms with Gasteiger partial charge in [-0.1, -0.05) is 6.07 Å². The summed E-state index contributed by atoms with van der Waals surface area (Å²) in [6, 6.07) is 9.33. The molecule has 0 saturated heterocycles. The lowest BCUT2D eigenvalue weighted by atomic mass is 10.1. The second-order valence-corrected chi connectivity index (χ2v) is 6.31. The normalized spacial score (nSPS) is 10.6. The van der Waals surface area contributed by atoms with Crippen molar-refractivity contribution in [3.8, 4) is 5.82 Å². The second kappa shape index (κ2) is 7.27. The first-order valence-electron chi connectivity index (χ1n) is 7.70. The number of aromatic nitrogens is 3. The fraction of sp³-hybridized carbons (Fsp3) is 0.235. The molecule has 0 fully saturated rings. The van der Waals surface area contributed by atoms with Crippen LogP contribution < -0.4 is 10.6 Å². The molecule has 0 radical (unpaired) electrons. The molecule has 2 amide bonds. The van der Waals surface area contributed by atoms with Gasteiger partial charge >= 0.3 is 6.03 Å². The van der Waals surface area contributed by atoms with Crippen molar-refractivity contribution in [3.05, 3.63) is 58.9 Å². The number of carbonyl (C=O) groups is 1. The number of thiophene rings is 1. The van der Waals surface area contributed by atoms with E-state index in [0.29, 0.717) is 6.54 Å². The van der Waals surface area contributed by atoms with Gasteiger partial charge in [-0.3, -0.25) is 5.32 Å². The number of hydrogen-bond acceptors (Lipinski definition) is 4. The molecule has 0 aromatic carbocycles. The summed E-state index contributed by atoms with van der Waals surface area (Å²) >= 11 is 1.49. The van der Waals surface area contributed by atoms with Crippen LogP contribution in [0, 0.1) is 13.8 Å². The molecule has 7 heteroatoms. The molecule has 6 nitrogen and oxygen atoms in total. The molecule has 24 heavy (non-hydrogen) atoms. The molecule has 0 spiro atoms. The Morgan fingerprint density at radius 1 is 1.25 bits per heavy atom. The number of aryl methyl sites for hydroxylation is 1. The maximum atomic E-state index is 11.9. The fourth-order valence-electron chi connectivity index (χ4n) is 2.55. The van der Waals surface area contributed by atoms with Crippen LogP contribution in [-0.4, -0.2) is 27.3 Å². The summed E-state index contributed by atoms with van der Waals surface area (Å²) in [5.74, 6) is 0.799. The van der Waals surface area contributed by atoms with Crippen LogP contribution in [0.15, 0.2) is 41.9 Å². The topological polar surface area (TPSA) is 71.8 Å². The average molecular weight is 341 g/mol. The minimum absolute atomic E-state index is 0.190. The highest BCUT2D eigenvalue weighted by atomic mass is 32.1. The van der Waals surface area contributed by atoms with E-state index >= 15 is 0 Å². The summed E-state index contributed by atoms with van der Waals surface area (Å²) < 4.78 is 1.84. The van der Waals surface area contributed by atoms with E-state index < -0.39 is 0 Å². The molecule has 0 atom stereocenters. The predicted octanol–water partition coefficient (Wildman–Crippen LogP) is 3.31. The largest absolute Gasteiger partial charge is 0.338 e. The molecule has 3 heterocycles. The third kappa shape index (κ3) is 3.62.